The number of amides is 1. The number of nitrogens with zero attached hydrogens (tertiary/aromatic N) is 2. The Bertz CT molecular complexity index is 591. The van der Waals surface area contributed by atoms with Gasteiger partial charge in [-0.05, 0) is 56.6 Å². The molecule has 3 aliphatic rings. The van der Waals surface area contributed by atoms with Crippen molar-refractivity contribution in [3.63, 3.8) is 0 Å². The molecule has 0 aromatic heterocycles. The van der Waals surface area contributed by atoms with Crippen molar-refractivity contribution in [1.82, 2.24) is 9.80 Å². The van der Waals surface area contributed by atoms with Gasteiger partial charge in [0.05, 0.1) is 6.61 Å². The van der Waals surface area contributed by atoms with E-state index in [4.69, 9.17) is 4.74 Å². The molecule has 25 heavy (non-hydrogen) atoms. The summed E-state index contributed by atoms with van der Waals surface area (Å²) in [5.74, 6) is 1.09. The molecule has 1 atom stereocenters. The Hall–Kier alpha value is -1.39. The summed E-state index contributed by atoms with van der Waals surface area (Å²) in [5, 5.41) is 0. The van der Waals surface area contributed by atoms with Crippen molar-refractivity contribution < 1.29 is 9.53 Å². The predicted octanol–water partition coefficient (Wildman–Crippen LogP) is 3.18. The second kappa shape index (κ2) is 7.08. The van der Waals surface area contributed by atoms with Crippen molar-refractivity contribution in [3.05, 3.63) is 35.9 Å². The predicted molar refractivity (Wildman–Crippen MR) is 98.6 cm³/mol. The van der Waals surface area contributed by atoms with Gasteiger partial charge in [0, 0.05) is 43.9 Å². The summed E-state index contributed by atoms with van der Waals surface area (Å²) in [4.78, 5) is 17.6. The van der Waals surface area contributed by atoms with Gasteiger partial charge in [-0.1, -0.05) is 18.2 Å². The van der Waals surface area contributed by atoms with E-state index in [1.165, 1.54) is 32.2 Å². The zero-order valence-corrected chi connectivity index (χ0v) is 15.3. The smallest absolute Gasteiger partial charge is 0.253 e. The summed E-state index contributed by atoms with van der Waals surface area (Å²) in [6.07, 6.45) is 7.52. The van der Waals surface area contributed by atoms with Gasteiger partial charge in [0.2, 0.25) is 0 Å². The SMILES string of the molecule is COC[C@H]1CCC2(CCN(C(=O)c3ccccc3)CC2)N1CC1CC1. The fourth-order valence-corrected chi connectivity index (χ4v) is 4.84. The molecule has 4 rings (SSSR count). The minimum atomic E-state index is 0.190. The van der Waals surface area contributed by atoms with Crippen LogP contribution < -0.4 is 0 Å². The summed E-state index contributed by atoms with van der Waals surface area (Å²) in [6.45, 7) is 3.85. The molecule has 1 aromatic carbocycles. The molecule has 2 saturated heterocycles. The quantitative estimate of drug-likeness (QED) is 0.824. The fourth-order valence-electron chi connectivity index (χ4n) is 4.84. The topological polar surface area (TPSA) is 32.8 Å². The molecule has 3 fully saturated rings. The van der Waals surface area contributed by atoms with Gasteiger partial charge in [-0.25, -0.2) is 0 Å². The van der Waals surface area contributed by atoms with Crippen molar-refractivity contribution in [2.24, 2.45) is 5.92 Å². The number of ether oxygens (including phenoxy) is 1. The number of carbonyl (C=O) groups is 1. The number of hydrogen-bond acceptors (Lipinski definition) is 3. The number of likely N-dealkylation sites (tertiary alicyclic amines) is 2. The summed E-state index contributed by atoms with van der Waals surface area (Å²) in [5.41, 5.74) is 1.12. The zero-order chi connectivity index (χ0) is 17.3. The number of piperidine rings is 1. The number of carbonyl (C=O) groups excluding carboxylic acids is 1. The van der Waals surface area contributed by atoms with E-state index in [1.807, 2.05) is 37.4 Å². The highest BCUT2D eigenvalue weighted by atomic mass is 16.5. The second-order valence-electron chi connectivity index (χ2n) is 8.13. The second-order valence-corrected chi connectivity index (χ2v) is 8.13. The van der Waals surface area contributed by atoms with Crippen LogP contribution in [0, 0.1) is 5.92 Å². The maximum absolute atomic E-state index is 12.7. The third kappa shape index (κ3) is 3.47. The minimum Gasteiger partial charge on any atom is -0.383 e. The van der Waals surface area contributed by atoms with Gasteiger partial charge >= 0.3 is 0 Å². The van der Waals surface area contributed by atoms with Crippen molar-refractivity contribution >= 4 is 5.91 Å². The van der Waals surface area contributed by atoms with E-state index in [1.54, 1.807) is 0 Å². The highest BCUT2D eigenvalue weighted by molar-refractivity contribution is 5.94. The molecule has 0 radical (unpaired) electrons. The van der Waals surface area contributed by atoms with Gasteiger partial charge in [0.25, 0.3) is 5.91 Å². The first-order valence-corrected chi connectivity index (χ1v) is 9.82. The van der Waals surface area contributed by atoms with E-state index in [2.05, 4.69) is 9.80 Å². The van der Waals surface area contributed by atoms with E-state index < -0.39 is 0 Å². The highest BCUT2D eigenvalue weighted by Crippen LogP contribution is 2.44. The van der Waals surface area contributed by atoms with Crippen molar-refractivity contribution in [2.45, 2.75) is 50.1 Å². The molecule has 4 nitrogen and oxygen atoms in total. The molecule has 1 amide bonds. The van der Waals surface area contributed by atoms with Crippen molar-refractivity contribution in [1.29, 1.82) is 0 Å². The Kier molecular flexibility index (Phi) is 4.83. The summed E-state index contributed by atoms with van der Waals surface area (Å²) in [7, 11) is 1.82. The normalized spacial score (nSPS) is 26.3. The van der Waals surface area contributed by atoms with Crippen LogP contribution in [-0.2, 0) is 4.74 Å². The zero-order valence-electron chi connectivity index (χ0n) is 15.3. The van der Waals surface area contributed by atoms with Gasteiger partial charge in [0.15, 0.2) is 0 Å². The molecule has 4 heteroatoms. The first-order valence-electron chi connectivity index (χ1n) is 9.82. The lowest BCUT2D eigenvalue weighted by Crippen LogP contribution is -2.56. The van der Waals surface area contributed by atoms with E-state index in [-0.39, 0.29) is 5.91 Å². The molecule has 0 N–H and O–H groups in total. The molecule has 2 heterocycles. The molecule has 1 aliphatic carbocycles. The van der Waals surface area contributed by atoms with Gasteiger partial charge < -0.3 is 9.64 Å². The van der Waals surface area contributed by atoms with Gasteiger partial charge in [0.1, 0.15) is 0 Å². The fraction of sp³-hybridized carbons (Fsp3) is 0.667. The molecule has 0 unspecified atom stereocenters. The number of methoxy groups -OCH3 is 1. The van der Waals surface area contributed by atoms with Crippen LogP contribution in [0.25, 0.3) is 0 Å². The Labute approximate surface area is 151 Å². The van der Waals surface area contributed by atoms with E-state index in [0.29, 0.717) is 11.6 Å². The molecular weight excluding hydrogens is 312 g/mol. The molecule has 1 saturated carbocycles. The molecule has 1 spiro atoms. The molecular formula is C21H30N2O2. The first kappa shape index (κ1) is 17.0. The lowest BCUT2D eigenvalue weighted by atomic mass is 9.84. The van der Waals surface area contributed by atoms with Crippen molar-refractivity contribution in [2.75, 3.05) is 33.4 Å². The van der Waals surface area contributed by atoms with Gasteiger partial charge in [-0.15, -0.1) is 0 Å². The minimum absolute atomic E-state index is 0.190. The van der Waals surface area contributed by atoms with Crippen LogP contribution >= 0.6 is 0 Å². The maximum atomic E-state index is 12.7. The monoisotopic (exact) mass is 342 g/mol. The van der Waals surface area contributed by atoms with Crippen LogP contribution in [0.2, 0.25) is 0 Å². The highest BCUT2D eigenvalue weighted by Gasteiger charge is 2.49. The summed E-state index contributed by atoms with van der Waals surface area (Å²) < 4.78 is 5.50. The van der Waals surface area contributed by atoms with Crippen LogP contribution in [-0.4, -0.2) is 60.6 Å². The first-order chi connectivity index (χ1) is 12.2. The summed E-state index contributed by atoms with van der Waals surface area (Å²) >= 11 is 0. The largest absolute Gasteiger partial charge is 0.383 e. The van der Waals surface area contributed by atoms with E-state index in [0.717, 1.165) is 44.0 Å². The number of benzene rings is 1. The standard InChI is InChI=1S/C21H30N2O2/c1-25-16-19-9-10-21(23(19)15-17-7-8-17)11-13-22(14-12-21)20(24)18-5-3-2-4-6-18/h2-6,17,19H,7-16H2,1H3/t19-/m1/s1. The van der Waals surface area contributed by atoms with E-state index in [9.17, 15) is 4.79 Å². The molecule has 136 valence electrons. The molecule has 0 bridgehead atoms. The van der Waals surface area contributed by atoms with Crippen LogP contribution in [0.4, 0.5) is 0 Å². The van der Waals surface area contributed by atoms with Gasteiger partial charge in [-0.2, -0.15) is 0 Å². The van der Waals surface area contributed by atoms with Crippen LogP contribution in [0.3, 0.4) is 0 Å². The Morgan fingerprint density at radius 1 is 1.12 bits per heavy atom. The third-order valence-electron chi connectivity index (χ3n) is 6.51. The Morgan fingerprint density at radius 3 is 2.48 bits per heavy atom. The maximum Gasteiger partial charge on any atom is 0.253 e. The van der Waals surface area contributed by atoms with Crippen LogP contribution in [0.5, 0.6) is 0 Å². The summed E-state index contributed by atoms with van der Waals surface area (Å²) in [6, 6.07) is 10.3. The van der Waals surface area contributed by atoms with Crippen LogP contribution in [0.15, 0.2) is 30.3 Å². The van der Waals surface area contributed by atoms with Gasteiger partial charge in [-0.3, -0.25) is 9.69 Å². The van der Waals surface area contributed by atoms with Crippen LogP contribution in [0.1, 0.15) is 48.9 Å². The third-order valence-corrected chi connectivity index (χ3v) is 6.51. The average Bonchev–Trinajstić information content (AvgIpc) is 3.43. The molecule has 1 aromatic rings. The number of hydrogen-bond donors (Lipinski definition) is 0. The lowest BCUT2D eigenvalue weighted by Gasteiger charge is -2.47. The Balaban J connectivity index is 1.43. The lowest BCUT2D eigenvalue weighted by molar-refractivity contribution is 0.00912. The Morgan fingerprint density at radius 2 is 1.84 bits per heavy atom. The van der Waals surface area contributed by atoms with Crippen molar-refractivity contribution in [3.8, 4) is 0 Å². The number of rotatable bonds is 5. The van der Waals surface area contributed by atoms with E-state index >= 15 is 0 Å². The average molecular weight is 342 g/mol. The molecule has 2 aliphatic heterocycles.